The Labute approximate surface area is 101 Å². The number of fused-ring (bicyclic) bond motifs is 1. The molecule has 8 heteroatoms. The van der Waals surface area contributed by atoms with Crippen LogP contribution in [0, 0.1) is 6.92 Å². The van der Waals surface area contributed by atoms with Gasteiger partial charge in [0.05, 0.1) is 5.92 Å². The average molecular weight is 262 g/mol. The van der Waals surface area contributed by atoms with Gasteiger partial charge in [0.15, 0.2) is 0 Å². The number of aryl methyl sites for hydroxylation is 1. The molecule has 0 fully saturated rings. The Kier molecular flexibility index (Phi) is 3.27. The molecule has 18 heavy (non-hydrogen) atoms. The summed E-state index contributed by atoms with van der Waals surface area (Å²) in [5.74, 6) is -0.139. The van der Waals surface area contributed by atoms with Crippen LogP contribution in [0.25, 0.3) is 0 Å². The highest BCUT2D eigenvalue weighted by molar-refractivity contribution is 5.82. The number of alkyl halides is 3. The zero-order valence-electron chi connectivity index (χ0n) is 9.79. The Morgan fingerprint density at radius 3 is 2.89 bits per heavy atom. The van der Waals surface area contributed by atoms with Gasteiger partial charge in [-0.15, -0.1) is 10.2 Å². The molecular weight excluding hydrogens is 249 g/mol. The van der Waals surface area contributed by atoms with E-state index in [-0.39, 0.29) is 0 Å². The maximum absolute atomic E-state index is 12.0. The standard InChI is InChI=1S/C10H13F3N4O/c1-6-15-16-8-7(3-2-4-17(6)8)9(18)14-5-10(11,12)13/h7H,2-5H2,1H3,(H,14,18). The van der Waals surface area contributed by atoms with Crippen molar-refractivity contribution >= 4 is 5.91 Å². The summed E-state index contributed by atoms with van der Waals surface area (Å²) >= 11 is 0. The van der Waals surface area contributed by atoms with Gasteiger partial charge in [0.1, 0.15) is 18.2 Å². The smallest absolute Gasteiger partial charge is 0.346 e. The Balaban J connectivity index is 2.08. The molecule has 0 radical (unpaired) electrons. The van der Waals surface area contributed by atoms with E-state index in [2.05, 4.69) is 10.2 Å². The second kappa shape index (κ2) is 4.58. The fourth-order valence-corrected chi connectivity index (χ4v) is 2.07. The number of amides is 1. The summed E-state index contributed by atoms with van der Waals surface area (Å²) in [5, 5.41) is 9.62. The average Bonchev–Trinajstić information content (AvgIpc) is 2.67. The lowest BCUT2D eigenvalue weighted by molar-refractivity contribution is -0.139. The molecule has 1 aromatic heterocycles. The number of hydrogen-bond acceptors (Lipinski definition) is 3. The van der Waals surface area contributed by atoms with Crippen LogP contribution in [-0.4, -0.2) is 33.4 Å². The van der Waals surface area contributed by atoms with E-state index < -0.39 is 24.5 Å². The molecule has 2 heterocycles. The number of aromatic nitrogens is 3. The maximum atomic E-state index is 12.0. The largest absolute Gasteiger partial charge is 0.405 e. The van der Waals surface area contributed by atoms with Gasteiger partial charge >= 0.3 is 6.18 Å². The molecule has 1 atom stereocenters. The van der Waals surface area contributed by atoms with E-state index >= 15 is 0 Å². The summed E-state index contributed by atoms with van der Waals surface area (Å²) in [7, 11) is 0. The topological polar surface area (TPSA) is 59.8 Å². The van der Waals surface area contributed by atoms with Crippen molar-refractivity contribution in [2.75, 3.05) is 6.54 Å². The first kappa shape index (κ1) is 12.8. The molecule has 100 valence electrons. The molecule has 0 spiro atoms. The molecule has 0 bridgehead atoms. The minimum Gasteiger partial charge on any atom is -0.346 e. The van der Waals surface area contributed by atoms with Crippen molar-refractivity contribution in [2.45, 2.75) is 38.4 Å². The first-order valence-electron chi connectivity index (χ1n) is 5.62. The number of rotatable bonds is 2. The molecular formula is C10H13F3N4O. The van der Waals surface area contributed by atoms with Crippen LogP contribution in [0.2, 0.25) is 0 Å². The van der Waals surface area contributed by atoms with Crippen LogP contribution in [-0.2, 0) is 11.3 Å². The van der Waals surface area contributed by atoms with Gasteiger partial charge in [-0.2, -0.15) is 13.2 Å². The Hall–Kier alpha value is -1.60. The second-order valence-electron chi connectivity index (χ2n) is 4.28. The van der Waals surface area contributed by atoms with Gasteiger partial charge in [0, 0.05) is 6.54 Å². The van der Waals surface area contributed by atoms with Crippen LogP contribution in [0.4, 0.5) is 13.2 Å². The first-order valence-corrected chi connectivity index (χ1v) is 5.62. The van der Waals surface area contributed by atoms with Gasteiger partial charge in [0.25, 0.3) is 0 Å². The third-order valence-corrected chi connectivity index (χ3v) is 2.93. The summed E-state index contributed by atoms with van der Waals surface area (Å²) < 4.78 is 37.9. The molecule has 1 aliphatic rings. The predicted octanol–water partition coefficient (Wildman–Crippen LogP) is 1.14. The molecule has 1 amide bonds. The molecule has 0 aliphatic carbocycles. The van der Waals surface area contributed by atoms with Gasteiger partial charge in [-0.05, 0) is 19.8 Å². The summed E-state index contributed by atoms with van der Waals surface area (Å²) in [5.41, 5.74) is 0. The third kappa shape index (κ3) is 2.62. The molecule has 2 rings (SSSR count). The number of hydrogen-bond donors (Lipinski definition) is 1. The summed E-state index contributed by atoms with van der Waals surface area (Å²) in [6.07, 6.45) is -3.16. The van der Waals surface area contributed by atoms with Crippen molar-refractivity contribution in [1.82, 2.24) is 20.1 Å². The van der Waals surface area contributed by atoms with Crippen LogP contribution in [0.3, 0.4) is 0 Å². The third-order valence-electron chi connectivity index (χ3n) is 2.93. The number of halogens is 3. The highest BCUT2D eigenvalue weighted by atomic mass is 19.4. The van der Waals surface area contributed by atoms with Gasteiger partial charge in [-0.25, -0.2) is 0 Å². The fourth-order valence-electron chi connectivity index (χ4n) is 2.07. The summed E-state index contributed by atoms with van der Waals surface area (Å²) in [6.45, 7) is 1.15. The van der Waals surface area contributed by atoms with E-state index in [0.717, 1.165) is 6.42 Å². The van der Waals surface area contributed by atoms with Crippen molar-refractivity contribution < 1.29 is 18.0 Å². The van der Waals surface area contributed by atoms with Crippen molar-refractivity contribution in [3.05, 3.63) is 11.6 Å². The molecule has 1 aromatic rings. The predicted molar refractivity (Wildman–Crippen MR) is 55.8 cm³/mol. The van der Waals surface area contributed by atoms with E-state index in [0.29, 0.717) is 24.6 Å². The van der Waals surface area contributed by atoms with Crippen LogP contribution in [0.1, 0.15) is 30.4 Å². The Morgan fingerprint density at radius 2 is 2.22 bits per heavy atom. The molecule has 0 saturated carbocycles. The fraction of sp³-hybridized carbons (Fsp3) is 0.700. The monoisotopic (exact) mass is 262 g/mol. The number of carbonyl (C=O) groups excluding carboxylic acids is 1. The van der Waals surface area contributed by atoms with Gasteiger partial charge in [-0.1, -0.05) is 0 Å². The quantitative estimate of drug-likeness (QED) is 0.869. The molecule has 5 nitrogen and oxygen atoms in total. The van der Waals surface area contributed by atoms with Crippen LogP contribution in [0.5, 0.6) is 0 Å². The van der Waals surface area contributed by atoms with Crippen molar-refractivity contribution in [3.8, 4) is 0 Å². The van der Waals surface area contributed by atoms with Crippen LogP contribution >= 0.6 is 0 Å². The lowest BCUT2D eigenvalue weighted by Gasteiger charge is -2.22. The van der Waals surface area contributed by atoms with E-state index in [1.807, 2.05) is 5.32 Å². The van der Waals surface area contributed by atoms with Crippen LogP contribution in [0.15, 0.2) is 0 Å². The van der Waals surface area contributed by atoms with Crippen molar-refractivity contribution in [2.24, 2.45) is 0 Å². The second-order valence-corrected chi connectivity index (χ2v) is 4.28. The first-order chi connectivity index (χ1) is 8.38. The highest BCUT2D eigenvalue weighted by Gasteiger charge is 2.33. The number of carbonyl (C=O) groups is 1. The SMILES string of the molecule is Cc1nnc2n1CCCC2C(=O)NCC(F)(F)F. The Bertz CT molecular complexity index is 454. The zero-order chi connectivity index (χ0) is 13.3. The van der Waals surface area contributed by atoms with Gasteiger partial charge in [0.2, 0.25) is 5.91 Å². The van der Waals surface area contributed by atoms with Crippen molar-refractivity contribution in [3.63, 3.8) is 0 Å². The highest BCUT2D eigenvalue weighted by Crippen LogP contribution is 2.26. The summed E-state index contributed by atoms with van der Waals surface area (Å²) in [4.78, 5) is 11.7. The van der Waals surface area contributed by atoms with Crippen LogP contribution < -0.4 is 5.32 Å². The van der Waals surface area contributed by atoms with Crippen molar-refractivity contribution in [1.29, 1.82) is 0 Å². The minimum absolute atomic E-state index is 0.457. The Morgan fingerprint density at radius 1 is 1.50 bits per heavy atom. The molecule has 0 saturated heterocycles. The lowest BCUT2D eigenvalue weighted by Crippen LogP contribution is -2.38. The number of nitrogens with zero attached hydrogens (tertiary/aromatic N) is 3. The van der Waals surface area contributed by atoms with E-state index in [1.54, 1.807) is 11.5 Å². The minimum atomic E-state index is -4.39. The molecule has 1 N–H and O–H groups in total. The molecule has 0 aromatic carbocycles. The molecule has 1 unspecified atom stereocenters. The van der Waals surface area contributed by atoms with E-state index in [1.165, 1.54) is 0 Å². The van der Waals surface area contributed by atoms with Gasteiger partial charge < -0.3 is 9.88 Å². The van der Waals surface area contributed by atoms with Gasteiger partial charge in [-0.3, -0.25) is 4.79 Å². The van der Waals surface area contributed by atoms with E-state index in [9.17, 15) is 18.0 Å². The van der Waals surface area contributed by atoms with E-state index in [4.69, 9.17) is 0 Å². The maximum Gasteiger partial charge on any atom is 0.405 e. The lowest BCUT2D eigenvalue weighted by atomic mass is 9.98. The summed E-state index contributed by atoms with van der Waals surface area (Å²) in [6, 6.07) is 0. The zero-order valence-corrected chi connectivity index (χ0v) is 9.79. The molecule has 1 aliphatic heterocycles. The normalized spacial score (nSPS) is 19.4. The number of nitrogens with one attached hydrogen (secondary N) is 1.